The number of carbonyl (C=O) groups excluding carboxylic acids is 1. The molecule has 0 unspecified atom stereocenters. The van der Waals surface area contributed by atoms with Crippen molar-refractivity contribution in [2.45, 2.75) is 26.4 Å². The molecule has 0 N–H and O–H groups in total. The third-order valence-corrected chi connectivity index (χ3v) is 2.64. The lowest BCUT2D eigenvalue weighted by Crippen LogP contribution is -2.08. The molecule has 5 heteroatoms. The lowest BCUT2D eigenvalue weighted by Gasteiger charge is -2.14. The van der Waals surface area contributed by atoms with Crippen LogP contribution in [0, 0.1) is 0 Å². The van der Waals surface area contributed by atoms with Crippen molar-refractivity contribution in [1.82, 2.24) is 0 Å². The highest BCUT2D eigenvalue weighted by atomic mass is 16.5. The summed E-state index contributed by atoms with van der Waals surface area (Å²) in [7, 11) is 3.04. The summed E-state index contributed by atoms with van der Waals surface area (Å²) in [6.07, 6.45) is 1.72. The van der Waals surface area contributed by atoms with Crippen molar-refractivity contribution in [3.8, 4) is 17.2 Å². The number of aldehydes is 1. The van der Waals surface area contributed by atoms with E-state index in [2.05, 4.69) is 0 Å². The zero-order valence-corrected chi connectivity index (χ0v) is 12.5. The van der Waals surface area contributed by atoms with Crippen LogP contribution in [0.4, 0.5) is 0 Å². The van der Waals surface area contributed by atoms with Gasteiger partial charge in [-0.1, -0.05) is 0 Å². The summed E-state index contributed by atoms with van der Waals surface area (Å²) < 4.78 is 21.4. The second-order valence-corrected chi connectivity index (χ2v) is 4.48. The molecule has 0 aliphatic carbocycles. The molecule has 0 bridgehead atoms. The number of rotatable bonds is 9. The molecule has 0 aliphatic heterocycles. The van der Waals surface area contributed by atoms with Crippen LogP contribution < -0.4 is 14.2 Å². The molecule has 0 fully saturated rings. The van der Waals surface area contributed by atoms with Crippen LogP contribution in [0.2, 0.25) is 0 Å². The fourth-order valence-electron chi connectivity index (χ4n) is 1.66. The Kier molecular flexibility index (Phi) is 6.87. The van der Waals surface area contributed by atoms with E-state index < -0.39 is 0 Å². The number of methoxy groups -OCH3 is 2. The predicted octanol–water partition coefficient (Wildman–Crippen LogP) is 2.71. The monoisotopic (exact) mass is 282 g/mol. The van der Waals surface area contributed by atoms with E-state index in [9.17, 15) is 4.79 Å². The minimum Gasteiger partial charge on any atom is -0.496 e. The zero-order chi connectivity index (χ0) is 15.0. The average molecular weight is 282 g/mol. The first-order chi connectivity index (χ1) is 9.62. The van der Waals surface area contributed by atoms with E-state index in [1.807, 2.05) is 13.8 Å². The van der Waals surface area contributed by atoms with Crippen molar-refractivity contribution in [2.75, 3.05) is 27.4 Å². The molecule has 112 valence electrons. The van der Waals surface area contributed by atoms with Gasteiger partial charge in [0.2, 0.25) is 0 Å². The lowest BCUT2D eigenvalue weighted by molar-refractivity contribution is 0.0692. The summed E-state index contributed by atoms with van der Waals surface area (Å²) in [5.41, 5.74) is 0.430. The van der Waals surface area contributed by atoms with Gasteiger partial charge in [-0.3, -0.25) is 4.79 Å². The van der Waals surface area contributed by atoms with Crippen LogP contribution in [0.1, 0.15) is 30.6 Å². The Labute approximate surface area is 119 Å². The Bertz CT molecular complexity index is 429. The number of carbonyl (C=O) groups is 1. The zero-order valence-electron chi connectivity index (χ0n) is 12.5. The Morgan fingerprint density at radius 3 is 2.30 bits per heavy atom. The molecule has 0 saturated carbocycles. The molecular weight excluding hydrogens is 260 g/mol. The summed E-state index contributed by atoms with van der Waals surface area (Å²) >= 11 is 0. The Balaban J connectivity index is 2.66. The van der Waals surface area contributed by atoms with Gasteiger partial charge in [0.1, 0.15) is 5.75 Å². The lowest BCUT2D eigenvalue weighted by atomic mass is 10.2. The van der Waals surface area contributed by atoms with Crippen LogP contribution in [0.5, 0.6) is 17.2 Å². The van der Waals surface area contributed by atoms with Crippen LogP contribution in [0.25, 0.3) is 0 Å². The minimum absolute atomic E-state index is 0.219. The topological polar surface area (TPSA) is 54.0 Å². The maximum atomic E-state index is 10.9. The highest BCUT2D eigenvalue weighted by Gasteiger charge is 2.11. The van der Waals surface area contributed by atoms with E-state index in [0.717, 1.165) is 12.7 Å². The summed E-state index contributed by atoms with van der Waals surface area (Å²) in [5, 5.41) is 0. The van der Waals surface area contributed by atoms with Crippen molar-refractivity contribution in [3.05, 3.63) is 17.7 Å². The van der Waals surface area contributed by atoms with E-state index >= 15 is 0 Å². The molecule has 0 radical (unpaired) electrons. The normalized spacial score (nSPS) is 10.4. The van der Waals surface area contributed by atoms with E-state index in [1.165, 1.54) is 14.2 Å². The third-order valence-electron chi connectivity index (χ3n) is 2.64. The maximum absolute atomic E-state index is 10.9. The fraction of sp³-hybridized carbons (Fsp3) is 0.533. The molecule has 1 aromatic carbocycles. The van der Waals surface area contributed by atoms with E-state index in [-0.39, 0.29) is 6.10 Å². The summed E-state index contributed by atoms with van der Waals surface area (Å²) in [6, 6.07) is 3.26. The maximum Gasteiger partial charge on any atom is 0.164 e. The molecule has 0 heterocycles. The molecule has 5 nitrogen and oxygen atoms in total. The molecular formula is C15H22O5. The Morgan fingerprint density at radius 2 is 1.75 bits per heavy atom. The van der Waals surface area contributed by atoms with Crippen molar-refractivity contribution < 1.29 is 23.7 Å². The Hall–Kier alpha value is -1.75. The second-order valence-electron chi connectivity index (χ2n) is 4.48. The van der Waals surface area contributed by atoms with Gasteiger partial charge in [-0.05, 0) is 19.9 Å². The van der Waals surface area contributed by atoms with Crippen LogP contribution >= 0.6 is 0 Å². The number of ether oxygens (including phenoxy) is 4. The van der Waals surface area contributed by atoms with Gasteiger partial charge in [-0.25, -0.2) is 0 Å². The Morgan fingerprint density at radius 1 is 1.05 bits per heavy atom. The molecule has 0 amide bonds. The standard InChI is InChI=1S/C15H22O5/c1-11(2)19-6-5-7-20-15-9-13(17-3)12(10-16)8-14(15)18-4/h8-11H,5-7H2,1-4H3. The van der Waals surface area contributed by atoms with Gasteiger partial charge in [0.25, 0.3) is 0 Å². The van der Waals surface area contributed by atoms with Gasteiger partial charge in [0.15, 0.2) is 17.8 Å². The molecule has 1 aromatic rings. The summed E-state index contributed by atoms with van der Waals surface area (Å²) in [5.74, 6) is 1.53. The van der Waals surface area contributed by atoms with Gasteiger partial charge in [-0.2, -0.15) is 0 Å². The average Bonchev–Trinajstić information content (AvgIpc) is 2.45. The van der Waals surface area contributed by atoms with Crippen LogP contribution in [-0.2, 0) is 4.74 Å². The molecule has 0 aromatic heterocycles. The molecule has 1 rings (SSSR count). The van der Waals surface area contributed by atoms with Gasteiger partial charge < -0.3 is 18.9 Å². The highest BCUT2D eigenvalue weighted by Crippen LogP contribution is 2.34. The fourth-order valence-corrected chi connectivity index (χ4v) is 1.66. The number of benzene rings is 1. The van der Waals surface area contributed by atoms with Crippen molar-refractivity contribution >= 4 is 6.29 Å². The van der Waals surface area contributed by atoms with E-state index in [0.29, 0.717) is 36.0 Å². The largest absolute Gasteiger partial charge is 0.496 e. The second kappa shape index (κ2) is 8.43. The van der Waals surface area contributed by atoms with Crippen LogP contribution in [-0.4, -0.2) is 39.8 Å². The molecule has 0 aliphatic rings. The molecule has 20 heavy (non-hydrogen) atoms. The first-order valence-corrected chi connectivity index (χ1v) is 6.58. The van der Waals surface area contributed by atoms with E-state index in [1.54, 1.807) is 12.1 Å². The molecule has 0 atom stereocenters. The highest BCUT2D eigenvalue weighted by molar-refractivity contribution is 5.81. The van der Waals surface area contributed by atoms with Gasteiger partial charge in [0.05, 0.1) is 39.1 Å². The first kappa shape index (κ1) is 16.3. The first-order valence-electron chi connectivity index (χ1n) is 6.58. The van der Waals surface area contributed by atoms with Crippen molar-refractivity contribution in [3.63, 3.8) is 0 Å². The van der Waals surface area contributed by atoms with Crippen molar-refractivity contribution in [2.24, 2.45) is 0 Å². The number of hydrogen-bond donors (Lipinski definition) is 0. The molecule has 0 saturated heterocycles. The predicted molar refractivity (Wildman–Crippen MR) is 76.1 cm³/mol. The quantitative estimate of drug-likeness (QED) is 0.515. The van der Waals surface area contributed by atoms with Crippen LogP contribution in [0.3, 0.4) is 0 Å². The smallest absolute Gasteiger partial charge is 0.164 e. The van der Waals surface area contributed by atoms with Crippen molar-refractivity contribution in [1.29, 1.82) is 0 Å². The SMILES string of the molecule is COc1cc(OCCCOC(C)C)c(OC)cc1C=O. The summed E-state index contributed by atoms with van der Waals surface area (Å²) in [4.78, 5) is 10.9. The van der Waals surface area contributed by atoms with Crippen LogP contribution in [0.15, 0.2) is 12.1 Å². The minimum atomic E-state index is 0.219. The van der Waals surface area contributed by atoms with Gasteiger partial charge in [-0.15, -0.1) is 0 Å². The van der Waals surface area contributed by atoms with Gasteiger partial charge in [0, 0.05) is 12.5 Å². The summed E-state index contributed by atoms with van der Waals surface area (Å²) in [6.45, 7) is 5.13. The van der Waals surface area contributed by atoms with E-state index in [4.69, 9.17) is 18.9 Å². The van der Waals surface area contributed by atoms with Gasteiger partial charge >= 0.3 is 0 Å². The third kappa shape index (κ3) is 4.74. The number of hydrogen-bond acceptors (Lipinski definition) is 5. The molecule has 0 spiro atoms.